The number of amides is 1. The molecular formula is C15H13ClN2O2. The molecule has 1 aliphatic heterocycles. The van der Waals surface area contributed by atoms with Gasteiger partial charge in [-0.3, -0.25) is 10.0 Å². The number of fused-ring (bicyclic) bond motifs is 1. The predicted molar refractivity (Wildman–Crippen MR) is 77.8 cm³/mol. The van der Waals surface area contributed by atoms with Crippen LogP contribution in [0.3, 0.4) is 0 Å². The van der Waals surface area contributed by atoms with E-state index in [4.69, 9.17) is 17.3 Å². The summed E-state index contributed by atoms with van der Waals surface area (Å²) < 4.78 is 0. The maximum absolute atomic E-state index is 11.6. The number of benzene rings is 2. The topological polar surface area (TPSA) is 66.6 Å². The van der Waals surface area contributed by atoms with Crippen molar-refractivity contribution in [2.75, 3.05) is 5.06 Å². The van der Waals surface area contributed by atoms with Gasteiger partial charge < -0.3 is 5.73 Å². The van der Waals surface area contributed by atoms with Gasteiger partial charge >= 0.3 is 0 Å². The normalized spacial score (nSPS) is 18.1. The first-order valence-electron chi connectivity index (χ1n) is 6.24. The number of carbonyl (C=O) groups excluding carboxylic acids is 1. The third-order valence-electron chi connectivity index (χ3n) is 3.46. The number of nitrogens with zero attached hydrogens (tertiary/aromatic N) is 1. The number of carbonyl (C=O) groups is 1. The van der Waals surface area contributed by atoms with Crippen molar-refractivity contribution in [2.45, 2.75) is 12.5 Å². The van der Waals surface area contributed by atoms with Gasteiger partial charge in [-0.25, -0.2) is 0 Å². The molecule has 2 aromatic rings. The van der Waals surface area contributed by atoms with Crippen LogP contribution >= 0.6 is 11.6 Å². The van der Waals surface area contributed by atoms with Crippen LogP contribution in [0.25, 0.3) is 11.1 Å². The van der Waals surface area contributed by atoms with E-state index in [9.17, 15) is 10.0 Å². The van der Waals surface area contributed by atoms with Crippen LogP contribution in [0, 0.1) is 0 Å². The molecule has 1 heterocycles. The number of anilines is 1. The first kappa shape index (κ1) is 13.1. The Bertz CT molecular complexity index is 687. The van der Waals surface area contributed by atoms with Crippen molar-refractivity contribution < 1.29 is 10.0 Å². The molecule has 2 aromatic carbocycles. The van der Waals surface area contributed by atoms with Crippen LogP contribution in [0.4, 0.5) is 5.69 Å². The molecule has 3 N–H and O–H groups in total. The Morgan fingerprint density at radius 3 is 2.75 bits per heavy atom. The third-order valence-corrected chi connectivity index (χ3v) is 3.79. The molecular weight excluding hydrogens is 276 g/mol. The van der Waals surface area contributed by atoms with E-state index in [0.717, 1.165) is 16.7 Å². The zero-order valence-corrected chi connectivity index (χ0v) is 11.3. The lowest BCUT2D eigenvalue weighted by Gasteiger charge is -2.28. The zero-order valence-electron chi connectivity index (χ0n) is 10.6. The summed E-state index contributed by atoms with van der Waals surface area (Å²) in [4.78, 5) is 11.6. The molecule has 1 aliphatic rings. The zero-order chi connectivity index (χ0) is 14.3. The summed E-state index contributed by atoms with van der Waals surface area (Å²) >= 11 is 6.18. The van der Waals surface area contributed by atoms with Crippen molar-refractivity contribution in [3.8, 4) is 11.1 Å². The van der Waals surface area contributed by atoms with Crippen molar-refractivity contribution >= 4 is 23.2 Å². The molecule has 0 saturated heterocycles. The molecule has 0 unspecified atom stereocenters. The van der Waals surface area contributed by atoms with E-state index in [2.05, 4.69) is 0 Å². The minimum absolute atomic E-state index is 0.406. The van der Waals surface area contributed by atoms with E-state index in [1.807, 2.05) is 36.4 Å². The van der Waals surface area contributed by atoms with Gasteiger partial charge in [0.25, 0.3) is 5.91 Å². The average Bonchev–Trinajstić information content (AvgIpc) is 2.45. The van der Waals surface area contributed by atoms with Crippen LogP contribution in [0.1, 0.15) is 5.56 Å². The van der Waals surface area contributed by atoms with Gasteiger partial charge in [-0.1, -0.05) is 35.9 Å². The van der Waals surface area contributed by atoms with Gasteiger partial charge in [-0.15, -0.1) is 0 Å². The second-order valence-corrected chi connectivity index (χ2v) is 5.19. The van der Waals surface area contributed by atoms with Crippen LogP contribution in [0.2, 0.25) is 5.02 Å². The SMILES string of the molecule is N[C@H]1Cc2cc(-c3ccccc3Cl)ccc2N(O)C1=O. The number of rotatable bonds is 1. The summed E-state index contributed by atoms with van der Waals surface area (Å²) in [5, 5.41) is 11.1. The van der Waals surface area contributed by atoms with Gasteiger partial charge in [0.2, 0.25) is 0 Å². The van der Waals surface area contributed by atoms with Gasteiger partial charge in [-0.05, 0) is 35.7 Å². The first-order chi connectivity index (χ1) is 9.58. The van der Waals surface area contributed by atoms with Gasteiger partial charge in [0.15, 0.2) is 0 Å². The van der Waals surface area contributed by atoms with Crippen LogP contribution in [0.15, 0.2) is 42.5 Å². The summed E-state index contributed by atoms with van der Waals surface area (Å²) in [7, 11) is 0. The summed E-state index contributed by atoms with van der Waals surface area (Å²) in [5.74, 6) is -0.483. The van der Waals surface area contributed by atoms with Crippen LogP contribution in [0.5, 0.6) is 0 Å². The second-order valence-electron chi connectivity index (χ2n) is 4.78. The van der Waals surface area contributed by atoms with Crippen LogP contribution in [-0.4, -0.2) is 17.2 Å². The molecule has 1 atom stereocenters. The molecule has 0 aromatic heterocycles. The highest BCUT2D eigenvalue weighted by atomic mass is 35.5. The predicted octanol–water partition coefficient (Wildman–Crippen LogP) is 2.61. The standard InChI is InChI=1S/C15H13ClN2O2/c16-12-4-2-1-3-11(12)9-5-6-14-10(7-9)8-13(17)15(19)18(14)20/h1-7,13,20H,8,17H2/t13-/m0/s1. The Labute approximate surface area is 121 Å². The first-order valence-corrected chi connectivity index (χ1v) is 6.62. The summed E-state index contributed by atoms with van der Waals surface area (Å²) in [6.07, 6.45) is 0.406. The number of hydrogen-bond acceptors (Lipinski definition) is 3. The Morgan fingerprint density at radius 1 is 1.25 bits per heavy atom. The highest BCUT2D eigenvalue weighted by Gasteiger charge is 2.29. The minimum atomic E-state index is -0.714. The Hall–Kier alpha value is -1.88. The Morgan fingerprint density at radius 2 is 2.00 bits per heavy atom. The Kier molecular flexibility index (Phi) is 3.22. The molecule has 20 heavy (non-hydrogen) atoms. The number of nitrogens with two attached hydrogens (primary N) is 1. The third kappa shape index (κ3) is 2.08. The lowest BCUT2D eigenvalue weighted by atomic mass is 9.95. The number of hydrogen-bond donors (Lipinski definition) is 2. The molecule has 0 bridgehead atoms. The van der Waals surface area contributed by atoms with Gasteiger partial charge in [0.05, 0.1) is 11.7 Å². The van der Waals surface area contributed by atoms with Gasteiger partial charge in [0, 0.05) is 10.6 Å². The molecule has 102 valence electrons. The van der Waals surface area contributed by atoms with Gasteiger partial charge in [-0.2, -0.15) is 5.06 Å². The molecule has 0 radical (unpaired) electrons. The van der Waals surface area contributed by atoms with E-state index in [-0.39, 0.29) is 0 Å². The molecule has 4 nitrogen and oxygen atoms in total. The van der Waals surface area contributed by atoms with Crippen molar-refractivity contribution in [1.82, 2.24) is 0 Å². The quantitative estimate of drug-likeness (QED) is 0.793. The minimum Gasteiger partial charge on any atom is -0.320 e. The maximum Gasteiger partial charge on any atom is 0.267 e. The van der Waals surface area contributed by atoms with Crippen LogP contribution < -0.4 is 10.8 Å². The molecule has 0 spiro atoms. The fourth-order valence-corrected chi connectivity index (χ4v) is 2.66. The molecule has 1 amide bonds. The maximum atomic E-state index is 11.6. The van der Waals surface area contributed by atoms with E-state index in [1.54, 1.807) is 6.07 Å². The summed E-state index contributed by atoms with van der Waals surface area (Å²) in [5.41, 5.74) is 8.88. The van der Waals surface area contributed by atoms with E-state index < -0.39 is 11.9 Å². The fraction of sp³-hybridized carbons (Fsp3) is 0.133. The largest absolute Gasteiger partial charge is 0.320 e. The second kappa shape index (κ2) is 4.90. The highest BCUT2D eigenvalue weighted by Crippen LogP contribution is 2.33. The Balaban J connectivity index is 2.09. The van der Waals surface area contributed by atoms with Gasteiger partial charge in [0.1, 0.15) is 0 Å². The van der Waals surface area contributed by atoms with Crippen molar-refractivity contribution in [1.29, 1.82) is 0 Å². The lowest BCUT2D eigenvalue weighted by molar-refractivity contribution is -0.125. The molecule has 3 rings (SSSR count). The monoisotopic (exact) mass is 288 g/mol. The summed E-state index contributed by atoms with van der Waals surface area (Å²) in [6.45, 7) is 0. The highest BCUT2D eigenvalue weighted by molar-refractivity contribution is 6.33. The van der Waals surface area contributed by atoms with E-state index >= 15 is 0 Å². The van der Waals surface area contributed by atoms with E-state index in [0.29, 0.717) is 22.2 Å². The lowest BCUT2D eigenvalue weighted by Crippen LogP contribution is -2.47. The fourth-order valence-electron chi connectivity index (χ4n) is 2.42. The van der Waals surface area contributed by atoms with E-state index in [1.165, 1.54) is 0 Å². The van der Waals surface area contributed by atoms with Crippen LogP contribution in [-0.2, 0) is 11.2 Å². The summed E-state index contributed by atoms with van der Waals surface area (Å²) in [6, 6.07) is 12.3. The molecule has 0 aliphatic carbocycles. The molecule has 0 saturated carbocycles. The average molecular weight is 289 g/mol. The smallest absolute Gasteiger partial charge is 0.267 e. The van der Waals surface area contributed by atoms with Crippen molar-refractivity contribution in [3.05, 3.63) is 53.1 Å². The van der Waals surface area contributed by atoms with Crippen molar-refractivity contribution in [2.24, 2.45) is 5.73 Å². The van der Waals surface area contributed by atoms with Crippen molar-refractivity contribution in [3.63, 3.8) is 0 Å². The number of halogens is 1. The molecule has 5 heteroatoms. The molecule has 0 fully saturated rings. The number of hydroxylamine groups is 1.